The Morgan fingerprint density at radius 2 is 2.35 bits per heavy atom. The Morgan fingerprint density at radius 1 is 1.53 bits per heavy atom. The summed E-state index contributed by atoms with van der Waals surface area (Å²) in [5, 5.41) is 17.5. The zero-order valence-electron chi connectivity index (χ0n) is 9.90. The Balaban J connectivity index is 2.17. The fraction of sp³-hybridized carbons (Fsp3) is 0.500. The molecule has 17 heavy (non-hydrogen) atoms. The van der Waals surface area contributed by atoms with Crippen molar-refractivity contribution in [3.63, 3.8) is 0 Å². The summed E-state index contributed by atoms with van der Waals surface area (Å²) in [5.41, 5.74) is 1.81. The molecule has 92 valence electrons. The lowest BCUT2D eigenvalue weighted by Gasteiger charge is -2.24. The van der Waals surface area contributed by atoms with Crippen molar-refractivity contribution in [2.45, 2.75) is 25.8 Å². The van der Waals surface area contributed by atoms with Gasteiger partial charge >= 0.3 is 0 Å². The molecule has 0 aromatic heterocycles. The third-order valence-corrected chi connectivity index (χ3v) is 3.01. The molecular weight excluding hydrogens is 218 g/mol. The maximum absolute atomic E-state index is 10.9. The van der Waals surface area contributed by atoms with Crippen molar-refractivity contribution in [1.29, 1.82) is 0 Å². The average molecular weight is 235 g/mol. The minimum atomic E-state index is -0.335. The van der Waals surface area contributed by atoms with Gasteiger partial charge < -0.3 is 10.6 Å². The lowest BCUT2D eigenvalue weighted by atomic mass is 10.1. The predicted octanol–water partition coefficient (Wildman–Crippen LogP) is 2.07. The molecule has 0 radical (unpaired) electrons. The number of rotatable bonds is 3. The lowest BCUT2D eigenvalue weighted by molar-refractivity contribution is -0.384. The topological polar surface area (TPSA) is 67.2 Å². The summed E-state index contributed by atoms with van der Waals surface area (Å²) in [4.78, 5) is 10.6. The van der Waals surface area contributed by atoms with E-state index in [4.69, 9.17) is 0 Å². The molecule has 1 saturated heterocycles. The first-order valence-corrected chi connectivity index (χ1v) is 5.89. The van der Waals surface area contributed by atoms with E-state index in [1.54, 1.807) is 12.1 Å². The van der Waals surface area contributed by atoms with Crippen LogP contribution in [0.1, 0.15) is 18.4 Å². The highest BCUT2D eigenvalue weighted by atomic mass is 16.6. The van der Waals surface area contributed by atoms with Crippen LogP contribution in [-0.2, 0) is 0 Å². The second-order valence-electron chi connectivity index (χ2n) is 4.47. The van der Waals surface area contributed by atoms with Gasteiger partial charge in [-0.2, -0.15) is 0 Å². The van der Waals surface area contributed by atoms with E-state index < -0.39 is 0 Å². The molecule has 0 bridgehead atoms. The molecule has 1 aromatic carbocycles. The molecule has 2 rings (SSSR count). The highest BCUT2D eigenvalue weighted by molar-refractivity contribution is 5.63. The van der Waals surface area contributed by atoms with E-state index in [2.05, 4.69) is 10.6 Å². The van der Waals surface area contributed by atoms with Crippen molar-refractivity contribution in [2.24, 2.45) is 0 Å². The van der Waals surface area contributed by atoms with Crippen LogP contribution in [0.25, 0.3) is 0 Å². The molecule has 2 N–H and O–H groups in total. The second-order valence-corrected chi connectivity index (χ2v) is 4.47. The maximum atomic E-state index is 10.9. The van der Waals surface area contributed by atoms with Gasteiger partial charge in [0.2, 0.25) is 0 Å². The predicted molar refractivity (Wildman–Crippen MR) is 67.3 cm³/mol. The van der Waals surface area contributed by atoms with E-state index in [-0.39, 0.29) is 16.7 Å². The Bertz CT molecular complexity index is 414. The van der Waals surface area contributed by atoms with Crippen molar-refractivity contribution in [3.8, 4) is 0 Å². The van der Waals surface area contributed by atoms with E-state index >= 15 is 0 Å². The number of nitro benzene ring substituents is 1. The van der Waals surface area contributed by atoms with Gasteiger partial charge in [0.15, 0.2) is 0 Å². The number of hydrogen-bond acceptors (Lipinski definition) is 4. The molecular formula is C12H17N3O2. The number of piperidine rings is 1. The summed E-state index contributed by atoms with van der Waals surface area (Å²) in [6, 6.07) is 5.45. The highest BCUT2D eigenvalue weighted by Gasteiger charge is 2.18. The minimum Gasteiger partial charge on any atom is -0.375 e. The SMILES string of the molecule is Cc1ccc([N+](=O)[O-])c(NC2CCCNC2)c1. The highest BCUT2D eigenvalue weighted by Crippen LogP contribution is 2.26. The number of aryl methyl sites for hydroxylation is 1. The molecule has 1 atom stereocenters. The normalized spacial score (nSPS) is 19.9. The fourth-order valence-electron chi connectivity index (χ4n) is 2.12. The molecule has 1 heterocycles. The van der Waals surface area contributed by atoms with Crippen LogP contribution in [0.15, 0.2) is 18.2 Å². The number of benzene rings is 1. The molecule has 0 amide bonds. The molecule has 1 unspecified atom stereocenters. The van der Waals surface area contributed by atoms with Crippen molar-refractivity contribution >= 4 is 11.4 Å². The maximum Gasteiger partial charge on any atom is 0.292 e. The van der Waals surface area contributed by atoms with E-state index in [1.807, 2.05) is 13.0 Å². The number of nitrogens with zero attached hydrogens (tertiary/aromatic N) is 1. The first-order valence-electron chi connectivity index (χ1n) is 5.89. The monoisotopic (exact) mass is 235 g/mol. The van der Waals surface area contributed by atoms with Crippen molar-refractivity contribution in [3.05, 3.63) is 33.9 Å². The van der Waals surface area contributed by atoms with Gasteiger partial charge in [-0.25, -0.2) is 0 Å². The summed E-state index contributed by atoms with van der Waals surface area (Å²) in [5.74, 6) is 0. The third kappa shape index (κ3) is 2.94. The van der Waals surface area contributed by atoms with E-state index in [0.717, 1.165) is 31.5 Å². The molecule has 0 saturated carbocycles. The molecule has 1 aliphatic heterocycles. The summed E-state index contributed by atoms with van der Waals surface area (Å²) in [6.07, 6.45) is 2.16. The third-order valence-electron chi connectivity index (χ3n) is 3.01. The molecule has 5 heteroatoms. The van der Waals surface area contributed by atoms with Crippen LogP contribution in [0.3, 0.4) is 0 Å². The zero-order valence-corrected chi connectivity index (χ0v) is 9.90. The van der Waals surface area contributed by atoms with Crippen LogP contribution in [0.4, 0.5) is 11.4 Å². The number of anilines is 1. The minimum absolute atomic E-state index is 0.154. The van der Waals surface area contributed by atoms with Crippen LogP contribution in [0.2, 0.25) is 0 Å². The van der Waals surface area contributed by atoms with Crippen molar-refractivity contribution in [2.75, 3.05) is 18.4 Å². The number of nitrogens with one attached hydrogen (secondary N) is 2. The van der Waals surface area contributed by atoms with E-state index in [0.29, 0.717) is 5.69 Å². The smallest absolute Gasteiger partial charge is 0.292 e. The molecule has 0 spiro atoms. The molecule has 1 aliphatic rings. The van der Waals surface area contributed by atoms with Gasteiger partial charge in [0.1, 0.15) is 5.69 Å². The first-order chi connectivity index (χ1) is 8.16. The largest absolute Gasteiger partial charge is 0.375 e. The Hall–Kier alpha value is -1.62. The molecule has 1 aromatic rings. The van der Waals surface area contributed by atoms with Gasteiger partial charge in [-0.15, -0.1) is 0 Å². The standard InChI is InChI=1S/C12H17N3O2/c1-9-4-5-12(15(16)17)11(7-9)14-10-3-2-6-13-8-10/h4-5,7,10,13-14H,2-3,6,8H2,1H3. The molecule has 1 fully saturated rings. The van der Waals surface area contributed by atoms with Crippen LogP contribution < -0.4 is 10.6 Å². The van der Waals surface area contributed by atoms with Gasteiger partial charge in [-0.1, -0.05) is 6.07 Å². The van der Waals surface area contributed by atoms with Gasteiger partial charge in [0.05, 0.1) is 4.92 Å². The first kappa shape index (κ1) is 11.9. The Kier molecular flexibility index (Phi) is 3.58. The second kappa shape index (κ2) is 5.14. The van der Waals surface area contributed by atoms with Gasteiger partial charge in [-0.3, -0.25) is 10.1 Å². The summed E-state index contributed by atoms with van der Waals surface area (Å²) in [6.45, 7) is 3.84. The molecule has 5 nitrogen and oxygen atoms in total. The number of hydrogen-bond donors (Lipinski definition) is 2. The van der Waals surface area contributed by atoms with Crippen molar-refractivity contribution < 1.29 is 4.92 Å². The van der Waals surface area contributed by atoms with Crippen molar-refractivity contribution in [1.82, 2.24) is 5.32 Å². The summed E-state index contributed by atoms with van der Waals surface area (Å²) in [7, 11) is 0. The van der Waals surface area contributed by atoms with E-state index in [1.165, 1.54) is 0 Å². The van der Waals surface area contributed by atoms with Gasteiger partial charge in [0, 0.05) is 18.7 Å². The van der Waals surface area contributed by atoms with Crippen LogP contribution >= 0.6 is 0 Å². The van der Waals surface area contributed by atoms with Gasteiger partial charge in [-0.05, 0) is 37.9 Å². The van der Waals surface area contributed by atoms with Gasteiger partial charge in [0.25, 0.3) is 5.69 Å². The fourth-order valence-corrected chi connectivity index (χ4v) is 2.12. The summed E-state index contributed by atoms with van der Waals surface area (Å²) < 4.78 is 0. The Morgan fingerprint density at radius 3 is 3.00 bits per heavy atom. The Labute approximate surface area is 100 Å². The lowest BCUT2D eigenvalue weighted by Crippen LogP contribution is -2.38. The average Bonchev–Trinajstić information content (AvgIpc) is 2.30. The number of nitro groups is 1. The van der Waals surface area contributed by atoms with E-state index in [9.17, 15) is 10.1 Å². The van der Waals surface area contributed by atoms with Crippen LogP contribution in [0.5, 0.6) is 0 Å². The van der Waals surface area contributed by atoms with Crippen LogP contribution in [-0.4, -0.2) is 24.1 Å². The molecule has 0 aliphatic carbocycles. The quantitative estimate of drug-likeness (QED) is 0.621. The zero-order chi connectivity index (χ0) is 12.3. The summed E-state index contributed by atoms with van der Waals surface area (Å²) >= 11 is 0. The van der Waals surface area contributed by atoms with Crippen LogP contribution in [0, 0.1) is 17.0 Å².